The van der Waals surface area contributed by atoms with E-state index < -0.39 is 10.8 Å². The Morgan fingerprint density at radius 3 is 2.94 bits per heavy atom. The van der Waals surface area contributed by atoms with E-state index in [-0.39, 0.29) is 0 Å². The van der Waals surface area contributed by atoms with Crippen molar-refractivity contribution in [2.75, 3.05) is 16.8 Å². The topological polar surface area (TPSA) is 42.0 Å². The average molecular weight is 280 g/mol. The van der Waals surface area contributed by atoms with E-state index in [4.69, 9.17) is 0 Å². The van der Waals surface area contributed by atoms with Gasteiger partial charge in [-0.25, -0.2) is 4.98 Å². The maximum Gasteiger partial charge on any atom is 0.184 e. The number of anilines is 1. The SMILES string of the molecule is Cc1ccc2sc(NC3CCS(=O)CC3)nc2c1. The summed E-state index contributed by atoms with van der Waals surface area (Å²) in [7, 11) is -0.594. The van der Waals surface area contributed by atoms with Crippen LogP contribution >= 0.6 is 11.3 Å². The third-order valence-corrected chi connectivity index (χ3v) is 5.61. The fourth-order valence-corrected chi connectivity index (χ4v) is 4.43. The number of aryl methyl sites for hydroxylation is 1. The minimum atomic E-state index is -0.594. The van der Waals surface area contributed by atoms with E-state index in [0.717, 1.165) is 35.0 Å². The molecule has 0 radical (unpaired) electrons. The molecule has 18 heavy (non-hydrogen) atoms. The van der Waals surface area contributed by atoms with Crippen molar-refractivity contribution in [3.8, 4) is 0 Å². The Kier molecular flexibility index (Phi) is 3.35. The number of nitrogens with one attached hydrogen (secondary N) is 1. The maximum absolute atomic E-state index is 11.3. The number of aromatic nitrogens is 1. The van der Waals surface area contributed by atoms with Crippen LogP contribution in [0, 0.1) is 6.92 Å². The van der Waals surface area contributed by atoms with E-state index in [1.54, 1.807) is 11.3 Å². The summed E-state index contributed by atoms with van der Waals surface area (Å²) in [5, 5.41) is 4.48. The van der Waals surface area contributed by atoms with Crippen molar-refractivity contribution < 1.29 is 4.21 Å². The summed E-state index contributed by atoms with van der Waals surface area (Å²) in [4.78, 5) is 4.62. The predicted molar refractivity (Wildman–Crippen MR) is 78.9 cm³/mol. The van der Waals surface area contributed by atoms with E-state index in [2.05, 4.69) is 35.4 Å². The lowest BCUT2D eigenvalue weighted by atomic mass is 10.2. The molecule has 0 aliphatic carbocycles. The fraction of sp³-hybridized carbons (Fsp3) is 0.462. The highest BCUT2D eigenvalue weighted by Crippen LogP contribution is 2.28. The van der Waals surface area contributed by atoms with Crippen molar-refractivity contribution in [2.24, 2.45) is 0 Å². The second-order valence-corrected chi connectivity index (χ2v) is 7.48. The zero-order valence-electron chi connectivity index (χ0n) is 10.3. The molecule has 0 saturated carbocycles. The third kappa shape index (κ3) is 2.57. The molecule has 1 aromatic carbocycles. The highest BCUT2D eigenvalue weighted by atomic mass is 32.2. The molecule has 1 fully saturated rings. The normalized spacial score (nSPS) is 24.3. The molecule has 1 aliphatic rings. The summed E-state index contributed by atoms with van der Waals surface area (Å²) in [6.45, 7) is 2.09. The van der Waals surface area contributed by atoms with Gasteiger partial charge in [0.1, 0.15) is 0 Å². The molecule has 1 saturated heterocycles. The van der Waals surface area contributed by atoms with Crippen molar-refractivity contribution in [3.05, 3.63) is 23.8 Å². The van der Waals surface area contributed by atoms with E-state index in [1.807, 2.05) is 0 Å². The van der Waals surface area contributed by atoms with Crippen LogP contribution in [0.15, 0.2) is 18.2 Å². The third-order valence-electron chi connectivity index (χ3n) is 3.26. The monoisotopic (exact) mass is 280 g/mol. The number of rotatable bonds is 2. The summed E-state index contributed by atoms with van der Waals surface area (Å²) in [6.07, 6.45) is 1.98. The molecule has 0 atom stereocenters. The second-order valence-electron chi connectivity index (χ2n) is 4.76. The molecule has 5 heteroatoms. The molecule has 1 N–H and O–H groups in total. The Labute approximate surface area is 113 Å². The zero-order chi connectivity index (χ0) is 12.5. The zero-order valence-corrected chi connectivity index (χ0v) is 11.9. The van der Waals surface area contributed by atoms with Crippen molar-refractivity contribution in [1.29, 1.82) is 0 Å². The Morgan fingerprint density at radius 2 is 2.17 bits per heavy atom. The number of benzene rings is 1. The van der Waals surface area contributed by atoms with Gasteiger partial charge in [0.05, 0.1) is 10.2 Å². The van der Waals surface area contributed by atoms with Crippen LogP contribution < -0.4 is 5.32 Å². The first-order valence-electron chi connectivity index (χ1n) is 6.19. The Balaban J connectivity index is 1.76. The fourth-order valence-electron chi connectivity index (χ4n) is 2.21. The molecule has 0 amide bonds. The van der Waals surface area contributed by atoms with Crippen molar-refractivity contribution in [1.82, 2.24) is 4.98 Å². The maximum atomic E-state index is 11.3. The van der Waals surface area contributed by atoms with Gasteiger partial charge in [-0.1, -0.05) is 17.4 Å². The van der Waals surface area contributed by atoms with Gasteiger partial charge in [0.15, 0.2) is 5.13 Å². The van der Waals surface area contributed by atoms with Gasteiger partial charge in [0.2, 0.25) is 0 Å². The average Bonchev–Trinajstić information content (AvgIpc) is 2.73. The Morgan fingerprint density at radius 1 is 1.39 bits per heavy atom. The van der Waals surface area contributed by atoms with Crippen LogP contribution in [0.25, 0.3) is 10.2 Å². The number of nitrogens with zero attached hydrogens (tertiary/aromatic N) is 1. The highest BCUT2D eigenvalue weighted by molar-refractivity contribution is 7.85. The largest absolute Gasteiger partial charge is 0.359 e. The van der Waals surface area contributed by atoms with Gasteiger partial charge in [0.25, 0.3) is 0 Å². The van der Waals surface area contributed by atoms with Crippen LogP contribution in [0.3, 0.4) is 0 Å². The smallest absolute Gasteiger partial charge is 0.184 e. The van der Waals surface area contributed by atoms with E-state index in [1.165, 1.54) is 10.3 Å². The van der Waals surface area contributed by atoms with Gasteiger partial charge < -0.3 is 5.32 Å². The van der Waals surface area contributed by atoms with Crippen LogP contribution in [0.4, 0.5) is 5.13 Å². The molecular weight excluding hydrogens is 264 g/mol. The summed E-state index contributed by atoms with van der Waals surface area (Å²) in [6, 6.07) is 6.80. The van der Waals surface area contributed by atoms with E-state index in [0.29, 0.717) is 6.04 Å². The van der Waals surface area contributed by atoms with Crippen LogP contribution in [0.5, 0.6) is 0 Å². The van der Waals surface area contributed by atoms with Crippen molar-refractivity contribution >= 4 is 37.5 Å². The van der Waals surface area contributed by atoms with Gasteiger partial charge in [-0.15, -0.1) is 0 Å². The summed E-state index contributed by atoms with van der Waals surface area (Å²) >= 11 is 1.70. The molecule has 0 bridgehead atoms. The van der Waals surface area contributed by atoms with Crippen LogP contribution in [-0.2, 0) is 10.8 Å². The summed E-state index contributed by atoms with van der Waals surface area (Å²) < 4.78 is 12.5. The lowest BCUT2D eigenvalue weighted by molar-refractivity contribution is 0.624. The second kappa shape index (κ2) is 4.97. The minimum Gasteiger partial charge on any atom is -0.359 e. The number of fused-ring (bicyclic) bond motifs is 1. The highest BCUT2D eigenvalue weighted by Gasteiger charge is 2.18. The quantitative estimate of drug-likeness (QED) is 0.919. The molecule has 1 aliphatic heterocycles. The van der Waals surface area contributed by atoms with E-state index >= 15 is 0 Å². The minimum absolute atomic E-state index is 0.435. The van der Waals surface area contributed by atoms with Crippen LogP contribution in [0.2, 0.25) is 0 Å². The molecule has 0 unspecified atom stereocenters. The van der Waals surface area contributed by atoms with Crippen LogP contribution in [-0.4, -0.2) is 26.7 Å². The Bertz CT molecular complexity index is 584. The predicted octanol–water partition coefficient (Wildman–Crippen LogP) is 2.93. The molecule has 3 nitrogen and oxygen atoms in total. The molecule has 2 heterocycles. The first-order chi connectivity index (χ1) is 8.70. The number of hydrogen-bond donors (Lipinski definition) is 1. The van der Waals surface area contributed by atoms with Crippen molar-refractivity contribution in [2.45, 2.75) is 25.8 Å². The molecule has 3 rings (SSSR count). The lowest BCUT2D eigenvalue weighted by Crippen LogP contribution is -2.29. The molecular formula is C13H16N2OS2. The molecule has 1 aromatic heterocycles. The van der Waals surface area contributed by atoms with Gasteiger partial charge in [0, 0.05) is 28.3 Å². The number of hydrogen-bond acceptors (Lipinski definition) is 4. The summed E-state index contributed by atoms with van der Waals surface area (Å²) in [5.74, 6) is 1.64. The van der Waals surface area contributed by atoms with Gasteiger partial charge in [-0.05, 0) is 37.5 Å². The first kappa shape index (κ1) is 12.1. The Hall–Kier alpha value is -0.940. The van der Waals surface area contributed by atoms with Crippen LogP contribution in [0.1, 0.15) is 18.4 Å². The lowest BCUT2D eigenvalue weighted by Gasteiger charge is -2.21. The van der Waals surface area contributed by atoms with Gasteiger partial charge in [-0.3, -0.25) is 4.21 Å². The summed E-state index contributed by atoms with van der Waals surface area (Å²) in [5.41, 5.74) is 2.31. The van der Waals surface area contributed by atoms with E-state index in [9.17, 15) is 4.21 Å². The van der Waals surface area contributed by atoms with Gasteiger partial charge in [-0.2, -0.15) is 0 Å². The standard InChI is InChI=1S/C13H16N2OS2/c1-9-2-3-12-11(8-9)15-13(17-12)14-10-4-6-18(16)7-5-10/h2-3,8,10H,4-7H2,1H3,(H,14,15). The van der Waals surface area contributed by atoms with Gasteiger partial charge >= 0.3 is 0 Å². The first-order valence-corrected chi connectivity index (χ1v) is 8.50. The molecule has 96 valence electrons. The molecule has 2 aromatic rings. The number of thiazole rings is 1. The van der Waals surface area contributed by atoms with Crippen molar-refractivity contribution in [3.63, 3.8) is 0 Å². The molecule has 0 spiro atoms.